The van der Waals surface area contributed by atoms with E-state index in [9.17, 15) is 4.79 Å². The van der Waals surface area contributed by atoms with Gasteiger partial charge in [0.25, 0.3) is 0 Å². The van der Waals surface area contributed by atoms with Crippen molar-refractivity contribution in [2.45, 2.75) is 33.6 Å². The lowest BCUT2D eigenvalue weighted by atomic mass is 9.94. The Labute approximate surface area is 117 Å². The molecule has 0 heterocycles. The molecule has 0 spiro atoms. The van der Waals surface area contributed by atoms with E-state index in [1.165, 1.54) is 0 Å². The lowest BCUT2D eigenvalue weighted by Crippen LogP contribution is -2.37. The second-order valence-corrected chi connectivity index (χ2v) is 5.21. The first-order chi connectivity index (χ1) is 8.01. The number of carbonyl (C=O) groups is 1. The predicted octanol–water partition coefficient (Wildman–Crippen LogP) is 1.42. The third-order valence-corrected chi connectivity index (χ3v) is 2.86. The van der Waals surface area contributed by atoms with Crippen molar-refractivity contribution >= 4 is 18.3 Å². The molecular formula is C13H29ClN2O2. The summed E-state index contributed by atoms with van der Waals surface area (Å²) in [5, 5.41) is 14.9. The summed E-state index contributed by atoms with van der Waals surface area (Å²) in [4.78, 5) is 11.7. The highest BCUT2D eigenvalue weighted by molar-refractivity contribution is 5.85. The summed E-state index contributed by atoms with van der Waals surface area (Å²) in [5.41, 5.74) is 0. The van der Waals surface area contributed by atoms with Crippen molar-refractivity contribution in [1.82, 2.24) is 10.6 Å². The van der Waals surface area contributed by atoms with Crippen LogP contribution >= 0.6 is 12.4 Å². The molecule has 0 saturated carbocycles. The van der Waals surface area contributed by atoms with E-state index in [4.69, 9.17) is 5.11 Å². The average molecular weight is 281 g/mol. The van der Waals surface area contributed by atoms with Gasteiger partial charge in [0.2, 0.25) is 5.91 Å². The first-order valence-corrected chi connectivity index (χ1v) is 6.54. The Bertz CT molecular complexity index is 213. The molecule has 0 aliphatic heterocycles. The molecule has 4 nitrogen and oxygen atoms in total. The van der Waals surface area contributed by atoms with Gasteiger partial charge in [0.15, 0.2) is 0 Å². The van der Waals surface area contributed by atoms with Gasteiger partial charge in [0, 0.05) is 25.6 Å². The second kappa shape index (κ2) is 11.8. The van der Waals surface area contributed by atoms with E-state index in [1.54, 1.807) is 0 Å². The number of nitrogens with one attached hydrogen (secondary N) is 2. The fourth-order valence-corrected chi connectivity index (χ4v) is 1.97. The standard InChI is InChI=1S/C13H28N2O2.ClH/c1-10(2)7-12(5-6-16)9-15-13(17)11(3)8-14-4;/h10-12,14,16H,5-9H2,1-4H3,(H,15,17);1H. The molecule has 0 bridgehead atoms. The number of carbonyl (C=O) groups excluding carboxylic acids is 1. The maximum absolute atomic E-state index is 11.7. The maximum Gasteiger partial charge on any atom is 0.224 e. The minimum Gasteiger partial charge on any atom is -0.396 e. The molecule has 18 heavy (non-hydrogen) atoms. The summed E-state index contributed by atoms with van der Waals surface area (Å²) >= 11 is 0. The Kier molecular flexibility index (Phi) is 13.1. The Morgan fingerprint density at radius 3 is 2.28 bits per heavy atom. The fourth-order valence-electron chi connectivity index (χ4n) is 1.97. The highest BCUT2D eigenvalue weighted by Gasteiger charge is 2.15. The van der Waals surface area contributed by atoms with Crippen molar-refractivity contribution < 1.29 is 9.90 Å². The lowest BCUT2D eigenvalue weighted by molar-refractivity contribution is -0.124. The molecule has 0 aromatic rings. The van der Waals surface area contributed by atoms with E-state index >= 15 is 0 Å². The van der Waals surface area contributed by atoms with Crippen LogP contribution in [0.3, 0.4) is 0 Å². The number of aliphatic hydroxyl groups is 1. The van der Waals surface area contributed by atoms with Gasteiger partial charge in [-0.2, -0.15) is 0 Å². The van der Waals surface area contributed by atoms with Gasteiger partial charge in [-0.25, -0.2) is 0 Å². The second-order valence-electron chi connectivity index (χ2n) is 5.21. The molecule has 0 saturated heterocycles. The molecule has 2 atom stereocenters. The van der Waals surface area contributed by atoms with E-state index in [0.717, 1.165) is 12.8 Å². The van der Waals surface area contributed by atoms with Crippen molar-refractivity contribution in [3.05, 3.63) is 0 Å². The van der Waals surface area contributed by atoms with Crippen LogP contribution in [0.1, 0.15) is 33.6 Å². The van der Waals surface area contributed by atoms with Crippen LogP contribution in [0.5, 0.6) is 0 Å². The van der Waals surface area contributed by atoms with Crippen molar-refractivity contribution in [3.8, 4) is 0 Å². The zero-order valence-corrected chi connectivity index (χ0v) is 12.8. The van der Waals surface area contributed by atoms with Crippen LogP contribution in [-0.4, -0.2) is 37.8 Å². The molecule has 0 radical (unpaired) electrons. The summed E-state index contributed by atoms with van der Waals surface area (Å²) in [5.74, 6) is 1.06. The Balaban J connectivity index is 0. The van der Waals surface area contributed by atoms with Gasteiger partial charge >= 0.3 is 0 Å². The van der Waals surface area contributed by atoms with E-state index in [-0.39, 0.29) is 30.8 Å². The van der Waals surface area contributed by atoms with Crippen molar-refractivity contribution in [1.29, 1.82) is 0 Å². The zero-order chi connectivity index (χ0) is 13.3. The van der Waals surface area contributed by atoms with Crippen molar-refractivity contribution in [3.63, 3.8) is 0 Å². The van der Waals surface area contributed by atoms with Crippen LogP contribution in [0.4, 0.5) is 0 Å². The minimum atomic E-state index is -0.00572. The molecule has 110 valence electrons. The molecule has 0 fully saturated rings. The predicted molar refractivity (Wildman–Crippen MR) is 78.0 cm³/mol. The molecule has 0 aromatic heterocycles. The van der Waals surface area contributed by atoms with Gasteiger partial charge in [0.05, 0.1) is 0 Å². The van der Waals surface area contributed by atoms with Crippen LogP contribution in [-0.2, 0) is 4.79 Å². The van der Waals surface area contributed by atoms with Crippen LogP contribution in [0.2, 0.25) is 0 Å². The highest BCUT2D eigenvalue weighted by atomic mass is 35.5. The molecule has 0 aliphatic carbocycles. The van der Waals surface area contributed by atoms with Gasteiger partial charge < -0.3 is 15.7 Å². The van der Waals surface area contributed by atoms with Crippen molar-refractivity contribution in [2.24, 2.45) is 17.8 Å². The number of halogens is 1. The summed E-state index contributed by atoms with van der Waals surface area (Å²) in [6.45, 7) is 7.80. The average Bonchev–Trinajstić information content (AvgIpc) is 2.25. The van der Waals surface area contributed by atoms with Crippen LogP contribution in [0.25, 0.3) is 0 Å². The van der Waals surface area contributed by atoms with Crippen molar-refractivity contribution in [2.75, 3.05) is 26.7 Å². The minimum absolute atomic E-state index is 0. The van der Waals surface area contributed by atoms with Gasteiger partial charge in [-0.15, -0.1) is 12.4 Å². The van der Waals surface area contributed by atoms with Crippen LogP contribution in [0.15, 0.2) is 0 Å². The van der Waals surface area contributed by atoms with E-state index in [2.05, 4.69) is 24.5 Å². The van der Waals surface area contributed by atoms with E-state index < -0.39 is 0 Å². The number of hydrogen-bond donors (Lipinski definition) is 3. The Morgan fingerprint density at radius 2 is 1.83 bits per heavy atom. The Morgan fingerprint density at radius 1 is 1.22 bits per heavy atom. The lowest BCUT2D eigenvalue weighted by Gasteiger charge is -2.20. The molecule has 2 unspecified atom stereocenters. The molecule has 1 amide bonds. The van der Waals surface area contributed by atoms with E-state index in [0.29, 0.717) is 24.9 Å². The zero-order valence-electron chi connectivity index (χ0n) is 12.0. The summed E-state index contributed by atoms with van der Waals surface area (Å²) in [6.07, 6.45) is 1.81. The topological polar surface area (TPSA) is 61.4 Å². The molecule has 0 aliphatic rings. The first-order valence-electron chi connectivity index (χ1n) is 6.54. The van der Waals surface area contributed by atoms with E-state index in [1.807, 2.05) is 14.0 Å². The number of hydrogen-bond acceptors (Lipinski definition) is 3. The van der Waals surface area contributed by atoms with Crippen LogP contribution in [0, 0.1) is 17.8 Å². The maximum atomic E-state index is 11.7. The van der Waals surface area contributed by atoms with Crippen LogP contribution < -0.4 is 10.6 Å². The molecular weight excluding hydrogens is 252 g/mol. The normalized spacial score (nSPS) is 13.9. The summed E-state index contributed by atoms with van der Waals surface area (Å²) < 4.78 is 0. The van der Waals surface area contributed by atoms with Gasteiger partial charge in [-0.3, -0.25) is 4.79 Å². The molecule has 0 rings (SSSR count). The third kappa shape index (κ3) is 9.68. The fraction of sp³-hybridized carbons (Fsp3) is 0.923. The third-order valence-electron chi connectivity index (χ3n) is 2.86. The van der Waals surface area contributed by atoms with Gasteiger partial charge in [-0.1, -0.05) is 20.8 Å². The molecule has 3 N–H and O–H groups in total. The molecule has 0 aromatic carbocycles. The largest absolute Gasteiger partial charge is 0.396 e. The molecule has 5 heteroatoms. The number of amides is 1. The summed E-state index contributed by atoms with van der Waals surface area (Å²) in [6, 6.07) is 0. The summed E-state index contributed by atoms with van der Waals surface area (Å²) in [7, 11) is 1.84. The van der Waals surface area contributed by atoms with Gasteiger partial charge in [0.1, 0.15) is 0 Å². The first kappa shape index (κ1) is 20.0. The quantitative estimate of drug-likeness (QED) is 0.599. The highest BCUT2D eigenvalue weighted by Crippen LogP contribution is 2.14. The van der Waals surface area contributed by atoms with Gasteiger partial charge in [-0.05, 0) is 31.7 Å². The SMILES string of the molecule is CNCC(C)C(=O)NCC(CCO)CC(C)C.Cl. The smallest absolute Gasteiger partial charge is 0.224 e. The monoisotopic (exact) mass is 280 g/mol. The number of rotatable bonds is 9. The Hall–Kier alpha value is -0.320. The number of aliphatic hydroxyl groups excluding tert-OH is 1.